The number of methoxy groups -OCH3 is 2. The van der Waals surface area contributed by atoms with Gasteiger partial charge in [-0.05, 0) is 49.4 Å². The molecular weight excluding hydrogens is 462 g/mol. The number of nitrogens with zero attached hydrogens (tertiary/aromatic N) is 2. The SMILES string of the molecule is COC(=O)c1cc(NC(=O)Cn2c([C@H](C)Oc3ccccc3)nc3ccccc32)cc(C(=O)OC)c1. The fraction of sp³-hybridized carbons (Fsp3) is 0.185. The monoisotopic (exact) mass is 487 g/mol. The van der Waals surface area contributed by atoms with Crippen LogP contribution in [0.4, 0.5) is 5.69 Å². The van der Waals surface area contributed by atoms with Gasteiger partial charge in [0.25, 0.3) is 0 Å². The van der Waals surface area contributed by atoms with Gasteiger partial charge in [-0.2, -0.15) is 0 Å². The zero-order chi connectivity index (χ0) is 25.7. The first-order valence-corrected chi connectivity index (χ1v) is 11.2. The maximum absolute atomic E-state index is 13.1. The highest BCUT2D eigenvalue weighted by molar-refractivity contribution is 5.99. The molecule has 0 saturated carbocycles. The minimum Gasteiger partial charge on any atom is -0.483 e. The largest absolute Gasteiger partial charge is 0.483 e. The summed E-state index contributed by atoms with van der Waals surface area (Å²) in [7, 11) is 2.46. The highest BCUT2D eigenvalue weighted by atomic mass is 16.5. The van der Waals surface area contributed by atoms with Gasteiger partial charge in [-0.15, -0.1) is 0 Å². The normalized spacial score (nSPS) is 11.5. The van der Waals surface area contributed by atoms with Crippen molar-refractivity contribution >= 4 is 34.6 Å². The number of anilines is 1. The molecule has 184 valence electrons. The fourth-order valence-corrected chi connectivity index (χ4v) is 3.84. The third-order valence-corrected chi connectivity index (χ3v) is 5.46. The first-order valence-electron chi connectivity index (χ1n) is 11.2. The van der Waals surface area contributed by atoms with Crippen molar-refractivity contribution in [1.29, 1.82) is 0 Å². The molecule has 0 saturated heterocycles. The predicted octanol–water partition coefficient (Wildman–Crippen LogP) is 4.39. The molecule has 1 amide bonds. The van der Waals surface area contributed by atoms with E-state index in [0.717, 1.165) is 11.0 Å². The number of imidazole rings is 1. The topological polar surface area (TPSA) is 109 Å². The summed E-state index contributed by atoms with van der Waals surface area (Å²) < 4.78 is 17.4. The van der Waals surface area contributed by atoms with E-state index in [-0.39, 0.29) is 29.3 Å². The second kappa shape index (κ2) is 10.7. The lowest BCUT2D eigenvalue weighted by molar-refractivity contribution is -0.116. The number of benzene rings is 3. The van der Waals surface area contributed by atoms with E-state index in [1.165, 1.54) is 32.4 Å². The number of fused-ring (bicyclic) bond motifs is 1. The number of rotatable bonds is 8. The van der Waals surface area contributed by atoms with E-state index < -0.39 is 18.0 Å². The maximum atomic E-state index is 13.1. The molecule has 4 rings (SSSR count). The molecule has 0 radical (unpaired) electrons. The number of carbonyl (C=O) groups is 3. The summed E-state index contributed by atoms with van der Waals surface area (Å²) >= 11 is 0. The molecule has 0 spiro atoms. The van der Waals surface area contributed by atoms with Crippen LogP contribution in [0.25, 0.3) is 11.0 Å². The van der Waals surface area contributed by atoms with Crippen LogP contribution in [0.2, 0.25) is 0 Å². The van der Waals surface area contributed by atoms with Crippen molar-refractivity contribution in [1.82, 2.24) is 9.55 Å². The van der Waals surface area contributed by atoms with E-state index >= 15 is 0 Å². The van der Waals surface area contributed by atoms with Crippen LogP contribution in [-0.4, -0.2) is 41.6 Å². The molecular formula is C27H25N3O6. The first kappa shape index (κ1) is 24.5. The third kappa shape index (κ3) is 5.35. The van der Waals surface area contributed by atoms with Crippen LogP contribution in [0.3, 0.4) is 0 Å². The van der Waals surface area contributed by atoms with Crippen molar-refractivity contribution in [2.75, 3.05) is 19.5 Å². The lowest BCUT2D eigenvalue weighted by atomic mass is 10.1. The number of amides is 1. The van der Waals surface area contributed by atoms with Gasteiger partial charge < -0.3 is 24.1 Å². The standard InChI is InChI=1S/C27H25N3O6/c1-17(36-21-9-5-4-6-10-21)25-29-22-11-7-8-12-23(22)30(25)16-24(31)28-20-14-18(26(32)34-2)13-19(15-20)27(33)35-3/h4-15,17H,16H2,1-3H3,(H,28,31)/t17-/m0/s1. The summed E-state index contributed by atoms with van der Waals surface area (Å²) in [5.41, 5.74) is 1.96. The summed E-state index contributed by atoms with van der Waals surface area (Å²) in [5.74, 6) is -0.419. The Kier molecular flexibility index (Phi) is 7.29. The lowest BCUT2D eigenvalue weighted by Gasteiger charge is -2.17. The molecule has 3 aromatic carbocycles. The van der Waals surface area contributed by atoms with E-state index in [4.69, 9.17) is 19.2 Å². The molecule has 36 heavy (non-hydrogen) atoms. The van der Waals surface area contributed by atoms with Crippen LogP contribution in [0.5, 0.6) is 5.75 Å². The summed E-state index contributed by atoms with van der Waals surface area (Å²) in [6.45, 7) is 1.79. The lowest BCUT2D eigenvalue weighted by Crippen LogP contribution is -2.22. The Hall–Kier alpha value is -4.66. The molecule has 1 N–H and O–H groups in total. The van der Waals surface area contributed by atoms with Gasteiger partial charge in [-0.25, -0.2) is 14.6 Å². The van der Waals surface area contributed by atoms with Gasteiger partial charge in [-0.3, -0.25) is 4.79 Å². The number of nitrogens with one attached hydrogen (secondary N) is 1. The van der Waals surface area contributed by atoms with Gasteiger partial charge >= 0.3 is 11.9 Å². The number of para-hydroxylation sites is 3. The Balaban J connectivity index is 1.63. The van der Waals surface area contributed by atoms with E-state index in [9.17, 15) is 14.4 Å². The number of ether oxygens (including phenoxy) is 3. The van der Waals surface area contributed by atoms with Crippen LogP contribution in [-0.2, 0) is 20.8 Å². The Labute approximate surface area is 207 Å². The second-order valence-electron chi connectivity index (χ2n) is 7.95. The Morgan fingerprint density at radius 1 is 0.889 bits per heavy atom. The number of aromatic nitrogens is 2. The minimum absolute atomic E-state index is 0.0751. The molecule has 9 heteroatoms. The Morgan fingerprint density at radius 2 is 1.50 bits per heavy atom. The van der Waals surface area contributed by atoms with Gasteiger partial charge in [0, 0.05) is 5.69 Å². The molecule has 0 aliphatic heterocycles. The van der Waals surface area contributed by atoms with Crippen molar-refractivity contribution in [3.05, 3.63) is 89.7 Å². The minimum atomic E-state index is -0.647. The van der Waals surface area contributed by atoms with E-state index in [1.807, 2.05) is 61.5 Å². The van der Waals surface area contributed by atoms with Crippen molar-refractivity contribution in [2.45, 2.75) is 19.6 Å². The molecule has 1 atom stereocenters. The summed E-state index contributed by atoms with van der Waals surface area (Å²) in [5, 5.41) is 2.76. The van der Waals surface area contributed by atoms with Crippen LogP contribution in [0.15, 0.2) is 72.8 Å². The molecule has 0 aliphatic carbocycles. The Bertz CT molecular complexity index is 1380. The van der Waals surface area contributed by atoms with Crippen molar-refractivity contribution < 1.29 is 28.6 Å². The molecule has 0 fully saturated rings. The molecule has 0 aliphatic rings. The molecule has 1 heterocycles. The van der Waals surface area contributed by atoms with Gasteiger partial charge in [-0.1, -0.05) is 30.3 Å². The number of esters is 2. The van der Waals surface area contributed by atoms with Gasteiger partial charge in [0.2, 0.25) is 5.91 Å². The fourth-order valence-electron chi connectivity index (χ4n) is 3.84. The van der Waals surface area contributed by atoms with Crippen LogP contribution >= 0.6 is 0 Å². The highest BCUT2D eigenvalue weighted by Gasteiger charge is 2.21. The molecule has 1 aromatic heterocycles. The van der Waals surface area contributed by atoms with E-state index in [2.05, 4.69) is 5.32 Å². The highest BCUT2D eigenvalue weighted by Crippen LogP contribution is 2.25. The quantitative estimate of drug-likeness (QED) is 0.367. The van der Waals surface area contributed by atoms with Gasteiger partial charge in [0.15, 0.2) is 11.9 Å². The molecule has 0 bridgehead atoms. The smallest absolute Gasteiger partial charge is 0.337 e. The average Bonchev–Trinajstić information content (AvgIpc) is 3.26. The second-order valence-corrected chi connectivity index (χ2v) is 7.95. The third-order valence-electron chi connectivity index (χ3n) is 5.46. The molecule has 4 aromatic rings. The summed E-state index contributed by atoms with van der Waals surface area (Å²) in [4.78, 5) is 42.0. The predicted molar refractivity (Wildman–Crippen MR) is 133 cm³/mol. The molecule has 0 unspecified atom stereocenters. The average molecular weight is 488 g/mol. The van der Waals surface area contributed by atoms with Crippen molar-refractivity contribution in [2.24, 2.45) is 0 Å². The Morgan fingerprint density at radius 3 is 2.14 bits per heavy atom. The van der Waals surface area contributed by atoms with Crippen LogP contribution in [0.1, 0.15) is 39.6 Å². The number of hydrogen-bond donors (Lipinski definition) is 1. The van der Waals surface area contributed by atoms with Crippen LogP contribution in [0, 0.1) is 0 Å². The van der Waals surface area contributed by atoms with E-state index in [1.54, 1.807) is 4.57 Å². The van der Waals surface area contributed by atoms with Gasteiger partial charge in [0.1, 0.15) is 12.3 Å². The zero-order valence-corrected chi connectivity index (χ0v) is 20.1. The first-order chi connectivity index (χ1) is 17.4. The zero-order valence-electron chi connectivity index (χ0n) is 20.1. The van der Waals surface area contributed by atoms with Crippen molar-refractivity contribution in [3.8, 4) is 5.75 Å². The maximum Gasteiger partial charge on any atom is 0.337 e. The van der Waals surface area contributed by atoms with E-state index in [0.29, 0.717) is 11.6 Å². The van der Waals surface area contributed by atoms with Gasteiger partial charge in [0.05, 0.1) is 36.4 Å². The number of hydrogen-bond acceptors (Lipinski definition) is 7. The summed E-state index contributed by atoms with van der Waals surface area (Å²) in [6, 6.07) is 21.1. The summed E-state index contributed by atoms with van der Waals surface area (Å²) in [6.07, 6.45) is -0.443. The molecule has 9 nitrogen and oxygen atoms in total. The van der Waals surface area contributed by atoms with Crippen LogP contribution < -0.4 is 10.1 Å². The number of carbonyl (C=O) groups excluding carboxylic acids is 3. The van der Waals surface area contributed by atoms with Crippen molar-refractivity contribution in [3.63, 3.8) is 0 Å².